The lowest BCUT2D eigenvalue weighted by atomic mass is 9.61. The summed E-state index contributed by atoms with van der Waals surface area (Å²) < 4.78 is 0. The first kappa shape index (κ1) is 12.3. The highest BCUT2D eigenvalue weighted by molar-refractivity contribution is 6.28. The van der Waals surface area contributed by atoms with Gasteiger partial charge in [0.1, 0.15) is 0 Å². The predicted octanol–water partition coefficient (Wildman–Crippen LogP) is 2.69. The number of hydrogen-bond donors (Lipinski definition) is 1. The molecule has 4 rings (SSSR count). The van der Waals surface area contributed by atoms with Gasteiger partial charge in [0.05, 0.1) is 5.69 Å². The van der Waals surface area contributed by atoms with Crippen LogP contribution in [0.1, 0.15) is 49.3 Å². The summed E-state index contributed by atoms with van der Waals surface area (Å²) in [7, 11) is 0. The smallest absolute Gasteiger partial charge is 0.247 e. The Morgan fingerprint density at radius 1 is 1.30 bits per heavy atom. The number of halogens is 1. The highest BCUT2D eigenvalue weighted by Crippen LogP contribution is 2.55. The van der Waals surface area contributed by atoms with Crippen LogP contribution in [0.15, 0.2) is 11.8 Å². The second kappa shape index (κ2) is 4.29. The van der Waals surface area contributed by atoms with Crippen molar-refractivity contribution in [3.8, 4) is 0 Å². The molecule has 1 saturated heterocycles. The number of nitrogens with one attached hydrogen (secondary N) is 1. The van der Waals surface area contributed by atoms with E-state index >= 15 is 0 Å². The molecular weight excluding hydrogens is 274 g/mol. The van der Waals surface area contributed by atoms with Crippen LogP contribution in [0.5, 0.6) is 0 Å². The van der Waals surface area contributed by atoms with Crippen molar-refractivity contribution < 1.29 is 4.79 Å². The summed E-state index contributed by atoms with van der Waals surface area (Å²) in [4.78, 5) is 20.7. The van der Waals surface area contributed by atoms with Crippen LogP contribution in [-0.4, -0.2) is 22.4 Å². The largest absolute Gasteiger partial charge is 0.352 e. The quantitative estimate of drug-likeness (QED) is 0.747. The maximum atomic E-state index is 12.2. The fourth-order valence-corrected chi connectivity index (χ4v) is 4.26. The maximum absolute atomic E-state index is 12.2. The third-order valence-corrected chi connectivity index (χ3v) is 5.22. The molecule has 0 aromatic carbocycles. The zero-order valence-corrected chi connectivity index (χ0v) is 11.9. The Hall–Kier alpha value is -1.42. The highest BCUT2D eigenvalue weighted by Gasteiger charge is 2.50. The summed E-state index contributed by atoms with van der Waals surface area (Å²) in [5, 5.41) is 3.35. The second-order valence-corrected chi connectivity index (χ2v) is 6.46. The fraction of sp³-hybridized carbons (Fsp3) is 0.533. The first-order chi connectivity index (χ1) is 9.70. The number of hydrogen-bond acceptors (Lipinski definition) is 3. The Balaban J connectivity index is 1.86. The minimum Gasteiger partial charge on any atom is -0.352 e. The number of nitrogens with zero attached hydrogens (tertiary/aromatic N) is 2. The molecule has 1 spiro atoms. The molecule has 5 heteroatoms. The number of amides is 1. The van der Waals surface area contributed by atoms with Crippen LogP contribution in [0.2, 0.25) is 5.28 Å². The van der Waals surface area contributed by atoms with E-state index < -0.39 is 0 Å². The Kier molecular flexibility index (Phi) is 2.64. The zero-order valence-electron chi connectivity index (χ0n) is 11.2. The molecule has 104 valence electrons. The van der Waals surface area contributed by atoms with Gasteiger partial charge in [-0.2, -0.15) is 0 Å². The molecule has 4 nitrogen and oxygen atoms in total. The SMILES string of the molecule is O=C1NCC2(CCCCC2)C2C1=Cc1cnc(Cl)nc12. The lowest BCUT2D eigenvalue weighted by molar-refractivity contribution is -0.120. The molecule has 1 N–H and O–H groups in total. The van der Waals surface area contributed by atoms with Gasteiger partial charge in [0.25, 0.3) is 0 Å². The molecule has 1 amide bonds. The van der Waals surface area contributed by atoms with Crippen molar-refractivity contribution in [1.29, 1.82) is 0 Å². The van der Waals surface area contributed by atoms with Crippen LogP contribution >= 0.6 is 11.6 Å². The summed E-state index contributed by atoms with van der Waals surface area (Å²) in [6, 6.07) is 0. The summed E-state index contributed by atoms with van der Waals surface area (Å²) >= 11 is 5.97. The molecule has 20 heavy (non-hydrogen) atoms. The third kappa shape index (κ3) is 1.64. The molecule has 2 heterocycles. The normalized spacial score (nSPS) is 26.8. The van der Waals surface area contributed by atoms with Gasteiger partial charge < -0.3 is 5.32 Å². The van der Waals surface area contributed by atoms with E-state index in [1.807, 2.05) is 6.08 Å². The van der Waals surface area contributed by atoms with Crippen molar-refractivity contribution in [3.05, 3.63) is 28.3 Å². The van der Waals surface area contributed by atoms with Crippen molar-refractivity contribution in [3.63, 3.8) is 0 Å². The monoisotopic (exact) mass is 289 g/mol. The Morgan fingerprint density at radius 2 is 2.10 bits per heavy atom. The molecule has 0 radical (unpaired) electrons. The van der Waals surface area contributed by atoms with Gasteiger partial charge in [-0.1, -0.05) is 19.3 Å². The van der Waals surface area contributed by atoms with Crippen molar-refractivity contribution in [2.24, 2.45) is 5.41 Å². The van der Waals surface area contributed by atoms with Gasteiger partial charge in [-0.15, -0.1) is 0 Å². The summed E-state index contributed by atoms with van der Waals surface area (Å²) in [6.07, 6.45) is 9.73. The fourth-order valence-electron chi connectivity index (χ4n) is 4.12. The molecular formula is C15H16ClN3O. The first-order valence-corrected chi connectivity index (χ1v) is 7.60. The number of fused-ring (bicyclic) bond motifs is 4. The molecule has 2 fully saturated rings. The molecule has 1 unspecified atom stereocenters. The van der Waals surface area contributed by atoms with Crippen LogP contribution in [0.4, 0.5) is 0 Å². The Morgan fingerprint density at radius 3 is 2.90 bits per heavy atom. The summed E-state index contributed by atoms with van der Waals surface area (Å²) in [6.45, 7) is 0.759. The lowest BCUT2D eigenvalue weighted by Crippen LogP contribution is -2.49. The van der Waals surface area contributed by atoms with Crippen molar-refractivity contribution in [2.75, 3.05) is 6.54 Å². The van der Waals surface area contributed by atoms with E-state index in [2.05, 4.69) is 15.3 Å². The van der Waals surface area contributed by atoms with Crippen molar-refractivity contribution in [1.82, 2.24) is 15.3 Å². The first-order valence-electron chi connectivity index (χ1n) is 7.22. The average molecular weight is 290 g/mol. The number of rotatable bonds is 0. The topological polar surface area (TPSA) is 54.9 Å². The molecule has 1 aliphatic heterocycles. The number of carbonyl (C=O) groups excluding carboxylic acids is 1. The van der Waals surface area contributed by atoms with E-state index in [1.165, 1.54) is 19.3 Å². The molecule has 1 saturated carbocycles. The van der Waals surface area contributed by atoms with Crippen molar-refractivity contribution in [2.45, 2.75) is 38.0 Å². The summed E-state index contributed by atoms with van der Waals surface area (Å²) in [5.41, 5.74) is 2.89. The van der Waals surface area contributed by atoms with Gasteiger partial charge in [-0.05, 0) is 30.5 Å². The van der Waals surface area contributed by atoms with E-state index in [0.717, 1.165) is 36.2 Å². The highest BCUT2D eigenvalue weighted by atomic mass is 35.5. The Bertz CT molecular complexity index is 620. The molecule has 1 atom stereocenters. The van der Waals surface area contributed by atoms with E-state index in [4.69, 9.17) is 11.6 Å². The number of aromatic nitrogens is 2. The lowest BCUT2D eigenvalue weighted by Gasteiger charge is -2.46. The number of piperidine rings is 1. The Labute approximate surface area is 122 Å². The van der Waals surface area contributed by atoms with Crippen LogP contribution < -0.4 is 5.32 Å². The van der Waals surface area contributed by atoms with Crippen LogP contribution in [0, 0.1) is 5.41 Å². The second-order valence-electron chi connectivity index (χ2n) is 6.12. The standard InChI is InChI=1S/C15H16ClN3O/c16-14-17-7-9-6-10-11(12(9)19-14)15(8-18-13(10)20)4-2-1-3-5-15/h6-7,11H,1-5,8H2,(H,18,20). The average Bonchev–Trinajstić information content (AvgIpc) is 2.85. The third-order valence-electron chi connectivity index (χ3n) is 5.04. The van der Waals surface area contributed by atoms with Gasteiger partial charge >= 0.3 is 0 Å². The predicted molar refractivity (Wildman–Crippen MR) is 76.3 cm³/mol. The van der Waals surface area contributed by atoms with Gasteiger partial charge in [0.2, 0.25) is 11.2 Å². The molecule has 1 aromatic heterocycles. The molecule has 0 bridgehead atoms. The van der Waals surface area contributed by atoms with E-state index in [0.29, 0.717) is 0 Å². The zero-order chi connectivity index (χ0) is 13.7. The van der Waals surface area contributed by atoms with Gasteiger partial charge in [0, 0.05) is 35.2 Å². The van der Waals surface area contributed by atoms with Gasteiger partial charge in [0.15, 0.2) is 0 Å². The molecule has 2 aliphatic carbocycles. The maximum Gasteiger partial charge on any atom is 0.247 e. The van der Waals surface area contributed by atoms with E-state index in [-0.39, 0.29) is 22.5 Å². The van der Waals surface area contributed by atoms with E-state index in [1.54, 1.807) is 6.20 Å². The van der Waals surface area contributed by atoms with Gasteiger partial charge in [-0.3, -0.25) is 4.79 Å². The van der Waals surface area contributed by atoms with Crippen LogP contribution in [0.3, 0.4) is 0 Å². The van der Waals surface area contributed by atoms with E-state index in [9.17, 15) is 4.79 Å². The van der Waals surface area contributed by atoms with Crippen molar-refractivity contribution >= 4 is 23.6 Å². The van der Waals surface area contributed by atoms with Crippen LogP contribution in [-0.2, 0) is 4.79 Å². The minimum absolute atomic E-state index is 0.0420. The summed E-state index contributed by atoms with van der Waals surface area (Å²) in [5.74, 6) is 0.146. The number of carbonyl (C=O) groups is 1. The molecule has 3 aliphatic rings. The molecule has 1 aromatic rings. The van der Waals surface area contributed by atoms with Crippen LogP contribution in [0.25, 0.3) is 6.08 Å². The van der Waals surface area contributed by atoms with Gasteiger partial charge in [-0.25, -0.2) is 9.97 Å². The minimum atomic E-state index is 0.0420.